The van der Waals surface area contributed by atoms with Crippen LogP contribution in [0.25, 0.3) is 0 Å². The van der Waals surface area contributed by atoms with Crippen molar-refractivity contribution in [2.45, 2.75) is 64.2 Å². The van der Waals surface area contributed by atoms with E-state index in [1.54, 1.807) is 0 Å². The molecule has 1 heterocycles. The Morgan fingerprint density at radius 3 is 2.59 bits per heavy atom. The Bertz CT molecular complexity index is 280. The first-order valence-corrected chi connectivity index (χ1v) is 6.27. The van der Waals surface area contributed by atoms with Crippen LogP contribution in [0.4, 0.5) is 0 Å². The number of hydrogen-bond acceptors (Lipinski definition) is 3. The lowest BCUT2D eigenvalue weighted by Crippen LogP contribution is -2.45. The van der Waals surface area contributed by atoms with E-state index in [1.807, 2.05) is 13.8 Å². The fraction of sp³-hybridized carbons (Fsp3) is 0.833. The molecular weight excluding hydrogens is 222 g/mol. The van der Waals surface area contributed by atoms with Gasteiger partial charge >= 0.3 is 5.97 Å². The highest BCUT2D eigenvalue weighted by Crippen LogP contribution is 2.22. The Morgan fingerprint density at radius 2 is 2.12 bits per heavy atom. The average Bonchev–Trinajstić information content (AvgIpc) is 2.76. The van der Waals surface area contributed by atoms with E-state index in [-0.39, 0.29) is 12.0 Å². The van der Waals surface area contributed by atoms with Crippen LogP contribution in [0.5, 0.6) is 0 Å². The van der Waals surface area contributed by atoms with Crippen LogP contribution in [0.3, 0.4) is 0 Å². The number of nitrogens with one attached hydrogen (secondary N) is 1. The van der Waals surface area contributed by atoms with Crippen molar-refractivity contribution in [3.05, 3.63) is 0 Å². The molecule has 3 unspecified atom stereocenters. The van der Waals surface area contributed by atoms with Gasteiger partial charge in [0.2, 0.25) is 5.91 Å². The van der Waals surface area contributed by atoms with Gasteiger partial charge in [-0.2, -0.15) is 0 Å². The van der Waals surface area contributed by atoms with Crippen molar-refractivity contribution in [2.75, 3.05) is 0 Å². The molecule has 1 fully saturated rings. The van der Waals surface area contributed by atoms with Gasteiger partial charge in [-0.15, -0.1) is 0 Å². The molecule has 2 N–H and O–H groups in total. The molecule has 0 aromatic rings. The fourth-order valence-electron chi connectivity index (χ4n) is 2.01. The van der Waals surface area contributed by atoms with Crippen molar-refractivity contribution in [3.63, 3.8) is 0 Å². The van der Waals surface area contributed by atoms with Gasteiger partial charge in [0.15, 0.2) is 0 Å². The summed E-state index contributed by atoms with van der Waals surface area (Å²) in [5, 5.41) is 11.5. The highest BCUT2D eigenvalue weighted by Gasteiger charge is 2.31. The van der Waals surface area contributed by atoms with E-state index >= 15 is 0 Å². The van der Waals surface area contributed by atoms with Crippen molar-refractivity contribution in [3.8, 4) is 0 Å². The van der Waals surface area contributed by atoms with Crippen molar-refractivity contribution < 1.29 is 19.4 Å². The number of rotatable bonds is 6. The maximum atomic E-state index is 11.8. The van der Waals surface area contributed by atoms with Gasteiger partial charge in [-0.1, -0.05) is 20.3 Å². The first-order valence-electron chi connectivity index (χ1n) is 6.27. The Morgan fingerprint density at radius 1 is 1.41 bits per heavy atom. The number of carboxylic acid groups (broad SMARTS) is 1. The SMILES string of the molecule is CCCC(NC(=O)C1CCC(CC)O1)C(=O)O. The van der Waals surface area contributed by atoms with E-state index in [0.29, 0.717) is 12.8 Å². The second kappa shape index (κ2) is 6.59. The molecule has 1 amide bonds. The van der Waals surface area contributed by atoms with Crippen LogP contribution in [0.1, 0.15) is 46.0 Å². The van der Waals surface area contributed by atoms with E-state index in [4.69, 9.17) is 9.84 Å². The quantitative estimate of drug-likeness (QED) is 0.737. The Labute approximate surface area is 102 Å². The fourth-order valence-corrected chi connectivity index (χ4v) is 2.01. The summed E-state index contributed by atoms with van der Waals surface area (Å²) in [6, 6.07) is -0.795. The van der Waals surface area contributed by atoms with Crippen LogP contribution in [0.15, 0.2) is 0 Å². The monoisotopic (exact) mass is 243 g/mol. The summed E-state index contributed by atoms with van der Waals surface area (Å²) in [5.41, 5.74) is 0. The minimum absolute atomic E-state index is 0.139. The molecule has 0 radical (unpaired) electrons. The number of ether oxygens (including phenoxy) is 1. The molecular formula is C12H21NO4. The molecule has 1 aliphatic rings. The van der Waals surface area contributed by atoms with E-state index < -0.39 is 18.1 Å². The number of hydrogen-bond donors (Lipinski definition) is 2. The van der Waals surface area contributed by atoms with Gasteiger partial charge < -0.3 is 15.2 Å². The van der Waals surface area contributed by atoms with Crippen LogP contribution in [0, 0.1) is 0 Å². The number of carbonyl (C=O) groups excluding carboxylic acids is 1. The predicted octanol–water partition coefficient (Wildman–Crippen LogP) is 1.31. The lowest BCUT2D eigenvalue weighted by atomic mass is 10.1. The lowest BCUT2D eigenvalue weighted by molar-refractivity contribution is -0.144. The van der Waals surface area contributed by atoms with Gasteiger partial charge in [0.1, 0.15) is 12.1 Å². The Kier molecular flexibility index (Phi) is 5.41. The minimum Gasteiger partial charge on any atom is -0.480 e. The second-order valence-corrected chi connectivity index (χ2v) is 4.42. The molecule has 0 saturated carbocycles. The maximum Gasteiger partial charge on any atom is 0.326 e. The highest BCUT2D eigenvalue weighted by molar-refractivity contribution is 5.86. The van der Waals surface area contributed by atoms with Gasteiger partial charge in [-0.05, 0) is 25.7 Å². The smallest absolute Gasteiger partial charge is 0.326 e. The number of carbonyl (C=O) groups is 2. The van der Waals surface area contributed by atoms with Crippen molar-refractivity contribution in [1.82, 2.24) is 5.32 Å². The molecule has 3 atom stereocenters. The molecule has 1 rings (SSSR count). The van der Waals surface area contributed by atoms with Crippen LogP contribution in [-0.2, 0) is 14.3 Å². The number of amides is 1. The highest BCUT2D eigenvalue weighted by atomic mass is 16.5. The zero-order valence-electron chi connectivity index (χ0n) is 10.4. The average molecular weight is 243 g/mol. The van der Waals surface area contributed by atoms with Gasteiger partial charge in [0.25, 0.3) is 0 Å². The number of aliphatic carboxylic acids is 1. The summed E-state index contributed by atoms with van der Waals surface area (Å²) >= 11 is 0. The molecule has 17 heavy (non-hydrogen) atoms. The third-order valence-corrected chi connectivity index (χ3v) is 3.05. The topological polar surface area (TPSA) is 75.6 Å². The van der Waals surface area contributed by atoms with E-state index in [2.05, 4.69) is 5.32 Å². The first kappa shape index (κ1) is 14.0. The normalized spacial score (nSPS) is 25.5. The summed E-state index contributed by atoms with van der Waals surface area (Å²) in [4.78, 5) is 22.7. The summed E-state index contributed by atoms with van der Waals surface area (Å²) in [6.45, 7) is 3.91. The molecule has 5 heteroatoms. The van der Waals surface area contributed by atoms with E-state index in [0.717, 1.165) is 19.3 Å². The lowest BCUT2D eigenvalue weighted by Gasteiger charge is -2.17. The summed E-state index contributed by atoms with van der Waals surface area (Å²) in [7, 11) is 0. The summed E-state index contributed by atoms with van der Waals surface area (Å²) < 4.78 is 5.53. The molecule has 1 saturated heterocycles. The predicted molar refractivity (Wildman–Crippen MR) is 62.7 cm³/mol. The van der Waals surface area contributed by atoms with Gasteiger partial charge in [-0.3, -0.25) is 4.79 Å². The molecule has 0 aliphatic carbocycles. The third kappa shape index (κ3) is 4.00. The standard InChI is InChI=1S/C12H21NO4/c1-3-5-9(12(15)16)13-11(14)10-7-6-8(4-2)17-10/h8-10H,3-7H2,1-2H3,(H,13,14)(H,15,16). The van der Waals surface area contributed by atoms with Crippen LogP contribution < -0.4 is 5.32 Å². The summed E-state index contributed by atoms with van der Waals surface area (Å²) in [6.07, 6.45) is 3.29. The zero-order chi connectivity index (χ0) is 12.8. The zero-order valence-corrected chi connectivity index (χ0v) is 10.4. The summed E-state index contributed by atoms with van der Waals surface area (Å²) in [5.74, 6) is -1.27. The molecule has 98 valence electrons. The van der Waals surface area contributed by atoms with Crippen molar-refractivity contribution in [1.29, 1.82) is 0 Å². The molecule has 0 spiro atoms. The largest absolute Gasteiger partial charge is 0.480 e. The van der Waals surface area contributed by atoms with Crippen molar-refractivity contribution >= 4 is 11.9 Å². The van der Waals surface area contributed by atoms with Gasteiger partial charge in [0, 0.05) is 0 Å². The van der Waals surface area contributed by atoms with Gasteiger partial charge in [-0.25, -0.2) is 4.79 Å². The minimum atomic E-state index is -0.981. The molecule has 0 aromatic heterocycles. The van der Waals surface area contributed by atoms with Crippen LogP contribution in [-0.4, -0.2) is 35.2 Å². The molecule has 0 aromatic carbocycles. The van der Waals surface area contributed by atoms with Crippen molar-refractivity contribution in [2.24, 2.45) is 0 Å². The van der Waals surface area contributed by atoms with Gasteiger partial charge in [0.05, 0.1) is 6.10 Å². The number of carboxylic acids is 1. The van der Waals surface area contributed by atoms with E-state index in [9.17, 15) is 9.59 Å². The Hall–Kier alpha value is -1.10. The molecule has 5 nitrogen and oxygen atoms in total. The van der Waals surface area contributed by atoms with Crippen LogP contribution in [0.2, 0.25) is 0 Å². The van der Waals surface area contributed by atoms with E-state index in [1.165, 1.54) is 0 Å². The molecule has 0 bridgehead atoms. The Balaban J connectivity index is 2.45. The first-order chi connectivity index (χ1) is 8.08. The second-order valence-electron chi connectivity index (χ2n) is 4.42. The third-order valence-electron chi connectivity index (χ3n) is 3.05. The molecule has 1 aliphatic heterocycles. The maximum absolute atomic E-state index is 11.8. The van der Waals surface area contributed by atoms with Crippen LogP contribution >= 0.6 is 0 Å².